The molecular weight excluding hydrogens is 264 g/mol. The van der Waals surface area contributed by atoms with Crippen LogP contribution in [0.5, 0.6) is 5.75 Å². The Bertz CT molecular complexity index is 530. The Kier molecular flexibility index (Phi) is 4.15. The van der Waals surface area contributed by atoms with Gasteiger partial charge in [0.05, 0.1) is 12.1 Å². The molecule has 3 unspecified atom stereocenters. The minimum absolute atomic E-state index is 0.0290. The van der Waals surface area contributed by atoms with E-state index in [1.807, 2.05) is 19.2 Å². The summed E-state index contributed by atoms with van der Waals surface area (Å²) in [6.07, 6.45) is 3.86. The Morgan fingerprint density at radius 3 is 2.95 bits per heavy atom. The zero-order valence-corrected chi connectivity index (χ0v) is 12.8. The van der Waals surface area contributed by atoms with Gasteiger partial charge in [-0.3, -0.25) is 4.79 Å². The average Bonchev–Trinajstić information content (AvgIpc) is 2.82. The zero-order valence-electron chi connectivity index (χ0n) is 12.8. The summed E-state index contributed by atoms with van der Waals surface area (Å²) >= 11 is 0. The summed E-state index contributed by atoms with van der Waals surface area (Å²) in [5.74, 6) is 2.04. The number of benzene rings is 1. The van der Waals surface area contributed by atoms with E-state index in [1.165, 1.54) is 24.8 Å². The van der Waals surface area contributed by atoms with E-state index in [0.717, 1.165) is 5.92 Å². The van der Waals surface area contributed by atoms with Gasteiger partial charge in [0.15, 0.2) is 0 Å². The Morgan fingerprint density at radius 1 is 1.38 bits per heavy atom. The van der Waals surface area contributed by atoms with Crippen molar-refractivity contribution >= 4 is 5.91 Å². The van der Waals surface area contributed by atoms with Crippen LogP contribution in [0.3, 0.4) is 0 Å². The van der Waals surface area contributed by atoms with Crippen LogP contribution >= 0.6 is 0 Å². The third-order valence-electron chi connectivity index (χ3n) is 4.92. The van der Waals surface area contributed by atoms with Gasteiger partial charge in [-0.2, -0.15) is 0 Å². The third kappa shape index (κ3) is 2.77. The summed E-state index contributed by atoms with van der Waals surface area (Å²) in [4.78, 5) is 12.1. The van der Waals surface area contributed by atoms with E-state index >= 15 is 0 Å². The predicted octanol–water partition coefficient (Wildman–Crippen LogP) is 2.51. The monoisotopic (exact) mass is 288 g/mol. The van der Waals surface area contributed by atoms with Gasteiger partial charge in [0.25, 0.3) is 5.91 Å². The molecule has 1 aromatic carbocycles. The van der Waals surface area contributed by atoms with Crippen LogP contribution in [0.2, 0.25) is 0 Å². The summed E-state index contributed by atoms with van der Waals surface area (Å²) in [5, 5.41) is 6.33. The first-order chi connectivity index (χ1) is 10.2. The van der Waals surface area contributed by atoms with E-state index in [1.54, 1.807) is 0 Å². The second-order valence-electron chi connectivity index (χ2n) is 6.20. The molecular formula is C17H24N2O2. The second kappa shape index (κ2) is 6.06. The number of hydrogen-bond donors (Lipinski definition) is 2. The number of hydrogen-bond acceptors (Lipinski definition) is 3. The average molecular weight is 288 g/mol. The quantitative estimate of drug-likeness (QED) is 0.898. The van der Waals surface area contributed by atoms with Crippen LogP contribution in [0.1, 0.15) is 48.1 Å². The first-order valence-electron chi connectivity index (χ1n) is 7.93. The summed E-state index contributed by atoms with van der Waals surface area (Å²) in [5.41, 5.74) is 1.85. The highest BCUT2D eigenvalue weighted by Crippen LogP contribution is 2.40. The maximum atomic E-state index is 12.1. The molecule has 4 nitrogen and oxygen atoms in total. The van der Waals surface area contributed by atoms with E-state index in [4.69, 9.17) is 4.74 Å². The van der Waals surface area contributed by atoms with Crippen LogP contribution in [0.15, 0.2) is 18.2 Å². The fourth-order valence-corrected chi connectivity index (χ4v) is 3.76. The molecule has 1 fully saturated rings. The van der Waals surface area contributed by atoms with Crippen LogP contribution < -0.4 is 15.4 Å². The van der Waals surface area contributed by atoms with Crippen LogP contribution in [-0.2, 0) is 0 Å². The van der Waals surface area contributed by atoms with Crippen LogP contribution in [0.25, 0.3) is 0 Å². The highest BCUT2D eigenvalue weighted by atomic mass is 16.5. The lowest BCUT2D eigenvalue weighted by Gasteiger charge is -2.27. The molecule has 0 radical (unpaired) electrons. The van der Waals surface area contributed by atoms with E-state index in [-0.39, 0.29) is 5.91 Å². The van der Waals surface area contributed by atoms with Crippen molar-refractivity contribution in [3.05, 3.63) is 29.3 Å². The van der Waals surface area contributed by atoms with Gasteiger partial charge in [-0.15, -0.1) is 0 Å². The molecule has 1 saturated carbocycles. The van der Waals surface area contributed by atoms with Gasteiger partial charge in [0.1, 0.15) is 12.4 Å². The highest BCUT2D eigenvalue weighted by molar-refractivity contribution is 5.97. The van der Waals surface area contributed by atoms with Crippen molar-refractivity contribution in [1.82, 2.24) is 10.6 Å². The zero-order chi connectivity index (χ0) is 14.8. The molecule has 3 rings (SSSR count). The van der Waals surface area contributed by atoms with Crippen molar-refractivity contribution in [2.24, 2.45) is 11.8 Å². The summed E-state index contributed by atoms with van der Waals surface area (Å²) < 4.78 is 5.63. The standard InChI is InChI=1S/C17H24N2O2/c1-11-4-3-5-13(11)16(18-2)12-6-7-15-14(10-12)17(20)19-8-9-21-15/h6-7,10-11,13,16,18H,3-5,8-9H2,1-2H3,(H,19,20). The van der Waals surface area contributed by atoms with Gasteiger partial charge in [0.2, 0.25) is 0 Å². The second-order valence-corrected chi connectivity index (χ2v) is 6.20. The van der Waals surface area contributed by atoms with Crippen LogP contribution in [-0.4, -0.2) is 26.1 Å². The number of nitrogens with one attached hydrogen (secondary N) is 2. The minimum Gasteiger partial charge on any atom is -0.491 e. The Hall–Kier alpha value is -1.55. The molecule has 2 N–H and O–H groups in total. The molecule has 1 amide bonds. The minimum atomic E-state index is -0.0290. The summed E-state index contributed by atoms with van der Waals surface area (Å²) in [6.45, 7) is 3.44. The molecule has 0 bridgehead atoms. The molecule has 1 heterocycles. The molecule has 21 heavy (non-hydrogen) atoms. The van der Waals surface area contributed by atoms with E-state index in [2.05, 4.69) is 23.6 Å². The van der Waals surface area contributed by atoms with Crippen molar-refractivity contribution in [3.8, 4) is 5.75 Å². The van der Waals surface area contributed by atoms with E-state index in [9.17, 15) is 4.79 Å². The van der Waals surface area contributed by atoms with Gasteiger partial charge in [-0.05, 0) is 43.0 Å². The van der Waals surface area contributed by atoms with Gasteiger partial charge < -0.3 is 15.4 Å². The van der Waals surface area contributed by atoms with Crippen molar-refractivity contribution in [2.75, 3.05) is 20.2 Å². The topological polar surface area (TPSA) is 50.4 Å². The largest absolute Gasteiger partial charge is 0.491 e. The van der Waals surface area contributed by atoms with Crippen molar-refractivity contribution < 1.29 is 9.53 Å². The number of carbonyl (C=O) groups is 1. The fraction of sp³-hybridized carbons (Fsp3) is 0.588. The molecule has 0 spiro atoms. The Labute approximate surface area is 126 Å². The van der Waals surface area contributed by atoms with Crippen LogP contribution in [0.4, 0.5) is 0 Å². The molecule has 1 aliphatic heterocycles. The molecule has 114 valence electrons. The molecule has 1 aromatic rings. The smallest absolute Gasteiger partial charge is 0.255 e. The number of amides is 1. The maximum Gasteiger partial charge on any atom is 0.255 e. The first-order valence-corrected chi connectivity index (χ1v) is 7.93. The molecule has 4 heteroatoms. The molecule has 1 aliphatic carbocycles. The van der Waals surface area contributed by atoms with Gasteiger partial charge in [0, 0.05) is 6.04 Å². The van der Waals surface area contributed by atoms with E-state index in [0.29, 0.717) is 36.4 Å². The highest BCUT2D eigenvalue weighted by Gasteiger charge is 2.31. The maximum absolute atomic E-state index is 12.1. The Balaban J connectivity index is 1.92. The Morgan fingerprint density at radius 2 is 2.24 bits per heavy atom. The summed E-state index contributed by atoms with van der Waals surface area (Å²) in [6, 6.07) is 6.36. The van der Waals surface area contributed by atoms with Crippen molar-refractivity contribution in [3.63, 3.8) is 0 Å². The molecule has 0 aromatic heterocycles. The number of ether oxygens (including phenoxy) is 1. The summed E-state index contributed by atoms with van der Waals surface area (Å²) in [7, 11) is 2.01. The van der Waals surface area contributed by atoms with Crippen LogP contribution in [0, 0.1) is 11.8 Å². The molecule has 2 aliphatic rings. The lowest BCUT2D eigenvalue weighted by Crippen LogP contribution is -2.28. The molecule has 3 atom stereocenters. The SMILES string of the molecule is CNC(c1ccc2c(c1)C(=O)NCCO2)C1CCCC1C. The first kappa shape index (κ1) is 14.4. The lowest BCUT2D eigenvalue weighted by molar-refractivity contribution is 0.0957. The normalized spacial score (nSPS) is 26.5. The lowest BCUT2D eigenvalue weighted by atomic mass is 9.85. The van der Waals surface area contributed by atoms with Gasteiger partial charge in [-0.25, -0.2) is 0 Å². The number of fused-ring (bicyclic) bond motifs is 1. The predicted molar refractivity (Wildman–Crippen MR) is 82.6 cm³/mol. The van der Waals surface area contributed by atoms with Crippen molar-refractivity contribution in [2.45, 2.75) is 32.2 Å². The van der Waals surface area contributed by atoms with Gasteiger partial charge >= 0.3 is 0 Å². The van der Waals surface area contributed by atoms with E-state index < -0.39 is 0 Å². The molecule has 0 saturated heterocycles. The number of carbonyl (C=O) groups excluding carboxylic acids is 1. The van der Waals surface area contributed by atoms with Gasteiger partial charge in [-0.1, -0.05) is 25.8 Å². The van der Waals surface area contributed by atoms with Crippen molar-refractivity contribution in [1.29, 1.82) is 0 Å². The fourth-order valence-electron chi connectivity index (χ4n) is 3.76. The third-order valence-corrected chi connectivity index (χ3v) is 4.92. The number of rotatable bonds is 3.